The van der Waals surface area contributed by atoms with Gasteiger partial charge in [-0.1, -0.05) is 55.0 Å². The highest BCUT2D eigenvalue weighted by molar-refractivity contribution is 9.10. The molecule has 0 bridgehead atoms. The number of fused-ring (bicyclic) bond motifs is 1. The maximum Gasteiger partial charge on any atom is 0.338 e. The number of hydrogen-bond donors (Lipinski definition) is 1. The average Bonchev–Trinajstić information content (AvgIpc) is 3.05. The van der Waals surface area contributed by atoms with Gasteiger partial charge in [-0.15, -0.1) is 0 Å². The van der Waals surface area contributed by atoms with Crippen LogP contribution in [0.5, 0.6) is 0 Å². The summed E-state index contributed by atoms with van der Waals surface area (Å²) in [6.07, 6.45) is 0.922. The van der Waals surface area contributed by atoms with Gasteiger partial charge in [0.2, 0.25) is 0 Å². The number of aryl methyl sites for hydroxylation is 2. The van der Waals surface area contributed by atoms with Crippen molar-refractivity contribution < 1.29 is 0 Å². The molecule has 2 aromatic heterocycles. The monoisotopic (exact) mass is 490 g/mol. The first-order chi connectivity index (χ1) is 15.3. The molecule has 0 fully saturated rings. The van der Waals surface area contributed by atoms with Gasteiger partial charge in [0.25, 0.3) is 0 Å². The van der Waals surface area contributed by atoms with Gasteiger partial charge in [-0.05, 0) is 58.5 Å². The molecule has 2 aromatic carbocycles. The Bertz CT molecular complexity index is 1520. The Morgan fingerprint density at radius 3 is 2.56 bits per heavy atom. The van der Waals surface area contributed by atoms with E-state index in [1.807, 2.05) is 12.1 Å². The summed E-state index contributed by atoms with van der Waals surface area (Å²) in [5.41, 5.74) is 5.63. The number of aromatic nitrogens is 3. The number of benzene rings is 2. The van der Waals surface area contributed by atoms with Crippen LogP contribution in [0.3, 0.4) is 0 Å². The number of hydrogen-bond acceptors (Lipinski definition) is 3. The lowest BCUT2D eigenvalue weighted by molar-refractivity contribution is 0.718. The molecular weight excluding hydrogens is 468 g/mol. The minimum atomic E-state index is -0.565. The fourth-order valence-electron chi connectivity index (χ4n) is 4.40. The van der Waals surface area contributed by atoms with Crippen LogP contribution < -0.4 is 11.4 Å². The van der Waals surface area contributed by atoms with Crippen molar-refractivity contribution in [2.45, 2.75) is 33.1 Å². The minimum absolute atomic E-state index is 0.181. The molecule has 0 saturated heterocycles. The van der Waals surface area contributed by atoms with E-state index >= 15 is 0 Å². The van der Waals surface area contributed by atoms with Crippen molar-refractivity contribution in [3.63, 3.8) is 0 Å². The van der Waals surface area contributed by atoms with Crippen molar-refractivity contribution in [3.8, 4) is 17.2 Å². The maximum atomic E-state index is 12.7. The molecule has 1 unspecified atom stereocenters. The number of aromatic amines is 1. The van der Waals surface area contributed by atoms with E-state index in [4.69, 9.17) is 0 Å². The van der Waals surface area contributed by atoms with E-state index in [0.29, 0.717) is 10.0 Å². The molecule has 0 aliphatic carbocycles. The summed E-state index contributed by atoms with van der Waals surface area (Å²) in [5.74, 6) is 0.199. The van der Waals surface area contributed by atoms with E-state index in [-0.39, 0.29) is 17.3 Å². The Labute approximate surface area is 193 Å². The fraction of sp³-hybridized carbons (Fsp3) is 0.240. The zero-order valence-electron chi connectivity index (χ0n) is 18.4. The summed E-state index contributed by atoms with van der Waals surface area (Å²) >= 11 is 3.53. The number of nitrogens with one attached hydrogen (secondary N) is 1. The van der Waals surface area contributed by atoms with E-state index < -0.39 is 11.4 Å². The molecule has 4 aromatic rings. The predicted molar refractivity (Wildman–Crippen MR) is 129 cm³/mol. The Balaban J connectivity index is 1.95. The van der Waals surface area contributed by atoms with E-state index in [1.54, 1.807) is 0 Å². The summed E-state index contributed by atoms with van der Waals surface area (Å²) in [6.45, 7) is 6.38. The van der Waals surface area contributed by atoms with Crippen molar-refractivity contribution in [2.75, 3.05) is 0 Å². The molecule has 0 saturated carbocycles. The van der Waals surface area contributed by atoms with Crippen molar-refractivity contribution in [3.05, 3.63) is 95.9 Å². The van der Waals surface area contributed by atoms with Gasteiger partial charge in [-0.2, -0.15) is 5.26 Å². The highest BCUT2D eigenvalue weighted by Gasteiger charge is 2.23. The third kappa shape index (κ3) is 3.41. The van der Waals surface area contributed by atoms with Gasteiger partial charge in [0.15, 0.2) is 0 Å². The topological polar surface area (TPSA) is 83.1 Å². The molecule has 4 rings (SSSR count). The lowest BCUT2D eigenvalue weighted by Gasteiger charge is -2.20. The Morgan fingerprint density at radius 2 is 1.91 bits per heavy atom. The average molecular weight is 491 g/mol. The van der Waals surface area contributed by atoms with Crippen LogP contribution in [-0.2, 0) is 7.05 Å². The molecule has 0 amide bonds. The smallest absolute Gasteiger partial charge is 0.292 e. The number of halogens is 1. The third-order valence-electron chi connectivity index (χ3n) is 6.01. The molecule has 7 heteroatoms. The van der Waals surface area contributed by atoms with Crippen molar-refractivity contribution in [1.29, 1.82) is 5.26 Å². The predicted octanol–water partition coefficient (Wildman–Crippen LogP) is 4.79. The Hall–Kier alpha value is -3.37. The van der Waals surface area contributed by atoms with Crippen LogP contribution in [-0.4, -0.2) is 14.0 Å². The van der Waals surface area contributed by atoms with Gasteiger partial charge in [0.05, 0.1) is 4.47 Å². The molecule has 0 aliphatic heterocycles. The Morgan fingerprint density at radius 1 is 1.16 bits per heavy atom. The normalized spacial score (nSPS) is 12.1. The lowest BCUT2D eigenvalue weighted by Crippen LogP contribution is -2.37. The van der Waals surface area contributed by atoms with Crippen LogP contribution in [0.25, 0.3) is 16.8 Å². The SMILES string of the molecule is CCC(c1cccc(-c2c(Br)c3[nH]c(=O)n(C)c(=O)n3c2C#N)c1)c1ccc(C)cc1C. The highest BCUT2D eigenvalue weighted by Crippen LogP contribution is 2.38. The molecule has 32 heavy (non-hydrogen) atoms. The summed E-state index contributed by atoms with van der Waals surface area (Å²) < 4.78 is 2.71. The number of rotatable bonds is 4. The number of nitrogens with zero attached hydrogens (tertiary/aromatic N) is 3. The van der Waals surface area contributed by atoms with E-state index in [1.165, 1.54) is 28.1 Å². The van der Waals surface area contributed by atoms with E-state index in [0.717, 1.165) is 22.1 Å². The van der Waals surface area contributed by atoms with Crippen LogP contribution >= 0.6 is 15.9 Å². The molecule has 0 radical (unpaired) electrons. The molecule has 2 heterocycles. The van der Waals surface area contributed by atoms with Gasteiger partial charge >= 0.3 is 11.4 Å². The lowest BCUT2D eigenvalue weighted by atomic mass is 9.85. The first-order valence-corrected chi connectivity index (χ1v) is 11.2. The molecule has 1 N–H and O–H groups in total. The molecule has 162 valence electrons. The van der Waals surface area contributed by atoms with Crippen molar-refractivity contribution >= 4 is 21.6 Å². The second-order valence-electron chi connectivity index (χ2n) is 8.05. The molecule has 1 atom stereocenters. The van der Waals surface area contributed by atoms with Gasteiger partial charge in [0.1, 0.15) is 17.4 Å². The van der Waals surface area contributed by atoms with Crippen LogP contribution in [0.4, 0.5) is 0 Å². The quantitative estimate of drug-likeness (QED) is 0.446. The Kier molecular flexibility index (Phi) is 5.66. The van der Waals surface area contributed by atoms with E-state index in [2.05, 4.69) is 78.1 Å². The van der Waals surface area contributed by atoms with Crippen LogP contribution in [0.2, 0.25) is 0 Å². The van der Waals surface area contributed by atoms with Gasteiger partial charge in [0, 0.05) is 18.5 Å². The second kappa shape index (κ2) is 8.29. The summed E-state index contributed by atoms with van der Waals surface area (Å²) in [6, 6.07) is 16.7. The second-order valence-corrected chi connectivity index (χ2v) is 8.84. The summed E-state index contributed by atoms with van der Waals surface area (Å²) in [4.78, 5) is 27.6. The van der Waals surface area contributed by atoms with Gasteiger partial charge in [-0.25, -0.2) is 18.6 Å². The standard InChI is InChI=1S/C25H23BrN4O2/c1-5-18(19-10-9-14(2)11-15(19)3)16-7-6-8-17(12-16)21-20(13-27)30-23(22(21)26)28-24(31)29(4)25(30)32/h6-12,18H,5H2,1-4H3,(H,28,31). The van der Waals surface area contributed by atoms with E-state index in [9.17, 15) is 14.9 Å². The minimum Gasteiger partial charge on any atom is -0.292 e. The van der Waals surface area contributed by atoms with Crippen LogP contribution in [0.15, 0.2) is 56.5 Å². The fourth-order valence-corrected chi connectivity index (χ4v) is 5.09. The van der Waals surface area contributed by atoms with Gasteiger partial charge in [-0.3, -0.25) is 4.98 Å². The zero-order chi connectivity index (χ0) is 23.2. The number of nitriles is 1. The van der Waals surface area contributed by atoms with Crippen molar-refractivity contribution in [1.82, 2.24) is 14.0 Å². The molecule has 0 aliphatic rings. The first-order valence-electron chi connectivity index (χ1n) is 10.4. The van der Waals surface area contributed by atoms with Crippen LogP contribution in [0.1, 0.15) is 47.2 Å². The largest absolute Gasteiger partial charge is 0.338 e. The van der Waals surface area contributed by atoms with Gasteiger partial charge < -0.3 is 0 Å². The molecule has 6 nitrogen and oxygen atoms in total. The zero-order valence-corrected chi connectivity index (χ0v) is 19.9. The summed E-state index contributed by atoms with van der Waals surface area (Å²) in [7, 11) is 1.38. The maximum absolute atomic E-state index is 12.7. The number of H-pyrrole nitrogens is 1. The van der Waals surface area contributed by atoms with Crippen LogP contribution in [0, 0.1) is 25.2 Å². The summed E-state index contributed by atoms with van der Waals surface area (Å²) in [5, 5.41) is 9.91. The first kappa shape index (κ1) is 21.8. The highest BCUT2D eigenvalue weighted by atomic mass is 79.9. The molecular formula is C25H23BrN4O2. The van der Waals surface area contributed by atoms with Crippen molar-refractivity contribution in [2.24, 2.45) is 7.05 Å². The molecule has 0 spiro atoms. The third-order valence-corrected chi connectivity index (χ3v) is 6.78.